The highest BCUT2D eigenvalue weighted by Crippen LogP contribution is 2.43. The maximum absolute atomic E-state index is 12.9. The lowest BCUT2D eigenvalue weighted by atomic mass is 10.1. The van der Waals surface area contributed by atoms with Crippen LogP contribution in [0.25, 0.3) is 0 Å². The van der Waals surface area contributed by atoms with E-state index < -0.39 is 0 Å². The second kappa shape index (κ2) is 9.58. The Kier molecular flexibility index (Phi) is 6.60. The molecule has 0 spiro atoms. The van der Waals surface area contributed by atoms with Gasteiger partial charge in [0.25, 0.3) is 5.91 Å². The van der Waals surface area contributed by atoms with Crippen molar-refractivity contribution in [2.24, 2.45) is 0 Å². The zero-order valence-corrected chi connectivity index (χ0v) is 19.9. The van der Waals surface area contributed by atoms with Gasteiger partial charge in [-0.05, 0) is 55.3 Å². The van der Waals surface area contributed by atoms with Crippen LogP contribution in [0.2, 0.25) is 0 Å². The van der Waals surface area contributed by atoms with E-state index in [4.69, 9.17) is 9.47 Å². The fourth-order valence-corrected chi connectivity index (χ4v) is 5.08. The second-order valence-electron chi connectivity index (χ2n) is 7.90. The molecule has 1 unspecified atom stereocenters. The summed E-state index contributed by atoms with van der Waals surface area (Å²) in [7, 11) is 3.09. The number of hydrogen-bond acceptors (Lipinski definition) is 5. The van der Waals surface area contributed by atoms with Gasteiger partial charge in [0.2, 0.25) is 5.91 Å². The van der Waals surface area contributed by atoms with Crippen molar-refractivity contribution in [2.75, 3.05) is 30.2 Å². The minimum Gasteiger partial charge on any atom is -0.497 e. The number of aryl methyl sites for hydroxylation is 2. The molecule has 1 N–H and O–H groups in total. The van der Waals surface area contributed by atoms with E-state index in [0.29, 0.717) is 28.5 Å². The van der Waals surface area contributed by atoms with Crippen LogP contribution < -0.4 is 19.7 Å². The van der Waals surface area contributed by atoms with Crippen molar-refractivity contribution in [1.82, 2.24) is 0 Å². The van der Waals surface area contributed by atoms with Crippen LogP contribution in [0.5, 0.6) is 11.5 Å². The van der Waals surface area contributed by atoms with E-state index >= 15 is 0 Å². The fourth-order valence-electron chi connectivity index (χ4n) is 3.92. The van der Waals surface area contributed by atoms with Gasteiger partial charge in [0.1, 0.15) is 16.9 Å². The third kappa shape index (κ3) is 4.83. The lowest BCUT2D eigenvalue weighted by Gasteiger charge is -2.26. The first-order valence-corrected chi connectivity index (χ1v) is 11.6. The average molecular weight is 463 g/mol. The number of carbonyl (C=O) groups excluding carboxylic acids is 2. The van der Waals surface area contributed by atoms with Gasteiger partial charge in [-0.2, -0.15) is 0 Å². The lowest BCUT2D eigenvalue weighted by molar-refractivity contribution is -0.115. The van der Waals surface area contributed by atoms with E-state index in [1.807, 2.05) is 55.1 Å². The van der Waals surface area contributed by atoms with Gasteiger partial charge in [-0.1, -0.05) is 29.8 Å². The van der Waals surface area contributed by atoms with Crippen LogP contribution in [0, 0.1) is 13.8 Å². The molecule has 0 radical (unpaired) electrons. The van der Waals surface area contributed by atoms with Crippen LogP contribution in [0.1, 0.15) is 32.4 Å². The number of rotatable bonds is 6. The summed E-state index contributed by atoms with van der Waals surface area (Å²) in [5, 5.41) is 2.79. The first-order valence-electron chi connectivity index (χ1n) is 10.5. The van der Waals surface area contributed by atoms with Crippen LogP contribution in [0.3, 0.4) is 0 Å². The molecule has 1 atom stereocenters. The van der Waals surface area contributed by atoms with E-state index in [0.717, 1.165) is 22.4 Å². The van der Waals surface area contributed by atoms with Crippen molar-refractivity contribution in [2.45, 2.75) is 19.2 Å². The van der Waals surface area contributed by atoms with Crippen molar-refractivity contribution >= 4 is 35.0 Å². The van der Waals surface area contributed by atoms with E-state index in [9.17, 15) is 9.59 Å². The number of nitrogens with one attached hydrogen (secondary N) is 1. The summed E-state index contributed by atoms with van der Waals surface area (Å²) in [6.07, 6.45) is 0. The minimum atomic E-state index is -0.272. The molecule has 1 fully saturated rings. The number of amides is 2. The van der Waals surface area contributed by atoms with Gasteiger partial charge in [0, 0.05) is 23.0 Å². The van der Waals surface area contributed by atoms with E-state index in [1.54, 1.807) is 44.2 Å². The van der Waals surface area contributed by atoms with E-state index in [1.165, 1.54) is 0 Å². The Labute approximate surface area is 197 Å². The molecular weight excluding hydrogens is 436 g/mol. The second-order valence-corrected chi connectivity index (χ2v) is 8.97. The number of benzene rings is 3. The summed E-state index contributed by atoms with van der Waals surface area (Å²) in [4.78, 5) is 27.5. The number of hydrogen-bond donors (Lipinski definition) is 1. The molecule has 4 rings (SSSR count). The first kappa shape index (κ1) is 22.7. The van der Waals surface area contributed by atoms with Crippen LogP contribution >= 0.6 is 11.8 Å². The number of carbonyl (C=O) groups is 2. The van der Waals surface area contributed by atoms with Gasteiger partial charge in [0.05, 0.1) is 20.0 Å². The van der Waals surface area contributed by atoms with Crippen LogP contribution in [0.15, 0.2) is 60.7 Å². The molecule has 1 heterocycles. The molecule has 6 nitrogen and oxygen atoms in total. The van der Waals surface area contributed by atoms with Gasteiger partial charge in [-0.3, -0.25) is 14.5 Å². The molecule has 1 aliphatic heterocycles. The Hall–Kier alpha value is -3.45. The first-order chi connectivity index (χ1) is 15.9. The molecule has 0 saturated carbocycles. The summed E-state index contributed by atoms with van der Waals surface area (Å²) in [5.74, 6) is 1.30. The van der Waals surface area contributed by atoms with Gasteiger partial charge in [0.15, 0.2) is 0 Å². The number of thioether (sulfide) groups is 1. The molecule has 0 aromatic heterocycles. The molecule has 3 aromatic rings. The van der Waals surface area contributed by atoms with Crippen LogP contribution in [-0.4, -0.2) is 31.8 Å². The molecule has 0 bridgehead atoms. The Bertz CT molecular complexity index is 1190. The summed E-state index contributed by atoms with van der Waals surface area (Å²) < 4.78 is 10.5. The van der Waals surface area contributed by atoms with Crippen molar-refractivity contribution < 1.29 is 19.1 Å². The maximum atomic E-state index is 12.9. The van der Waals surface area contributed by atoms with Gasteiger partial charge in [-0.25, -0.2) is 0 Å². The monoisotopic (exact) mass is 462 g/mol. The molecule has 170 valence electrons. The normalized spacial score (nSPS) is 15.5. The van der Waals surface area contributed by atoms with Crippen molar-refractivity contribution in [1.29, 1.82) is 0 Å². The lowest BCUT2D eigenvalue weighted by Crippen LogP contribution is -2.28. The van der Waals surface area contributed by atoms with Crippen molar-refractivity contribution in [3.05, 3.63) is 82.9 Å². The van der Waals surface area contributed by atoms with Gasteiger partial charge in [-0.15, -0.1) is 11.8 Å². The zero-order valence-electron chi connectivity index (χ0n) is 19.0. The molecule has 1 aliphatic rings. The minimum absolute atomic E-state index is 0.0786. The summed E-state index contributed by atoms with van der Waals surface area (Å²) in [6.45, 7) is 4.06. The molecule has 0 aliphatic carbocycles. The quantitative estimate of drug-likeness (QED) is 0.535. The Morgan fingerprint density at radius 3 is 2.39 bits per heavy atom. The maximum Gasteiger partial charge on any atom is 0.255 e. The molecular formula is C26H26N2O4S. The van der Waals surface area contributed by atoms with Crippen molar-refractivity contribution in [3.63, 3.8) is 0 Å². The summed E-state index contributed by atoms with van der Waals surface area (Å²) in [5.41, 5.74) is 5.17. The van der Waals surface area contributed by atoms with Crippen molar-refractivity contribution in [3.8, 4) is 11.5 Å². The van der Waals surface area contributed by atoms with Crippen LogP contribution in [-0.2, 0) is 4.79 Å². The smallest absolute Gasteiger partial charge is 0.255 e. The molecule has 33 heavy (non-hydrogen) atoms. The Morgan fingerprint density at radius 1 is 1.00 bits per heavy atom. The number of anilines is 2. The van der Waals surface area contributed by atoms with Crippen LogP contribution in [0.4, 0.5) is 11.4 Å². The molecule has 3 aromatic carbocycles. The largest absolute Gasteiger partial charge is 0.497 e. The highest BCUT2D eigenvalue weighted by molar-refractivity contribution is 8.00. The topological polar surface area (TPSA) is 67.9 Å². The molecule has 7 heteroatoms. The summed E-state index contributed by atoms with van der Waals surface area (Å²) in [6, 6.07) is 18.8. The molecule has 1 saturated heterocycles. The fraction of sp³-hybridized carbons (Fsp3) is 0.231. The van der Waals surface area contributed by atoms with Gasteiger partial charge >= 0.3 is 0 Å². The van der Waals surface area contributed by atoms with E-state index in [-0.39, 0.29) is 17.2 Å². The Balaban J connectivity index is 1.60. The third-order valence-electron chi connectivity index (χ3n) is 5.52. The Morgan fingerprint density at radius 2 is 1.73 bits per heavy atom. The third-order valence-corrected chi connectivity index (χ3v) is 6.74. The predicted octanol–water partition coefficient (Wildman–Crippen LogP) is 5.35. The summed E-state index contributed by atoms with van der Waals surface area (Å²) >= 11 is 1.58. The SMILES string of the molecule is COc1cc(OC)cc(C(=O)Nc2cccc(C3SCC(=O)N3c3ccc(C)cc3C)c2)c1. The highest BCUT2D eigenvalue weighted by atomic mass is 32.2. The number of nitrogens with zero attached hydrogens (tertiary/aromatic N) is 1. The average Bonchev–Trinajstić information content (AvgIpc) is 3.20. The zero-order chi connectivity index (χ0) is 23.5. The van der Waals surface area contributed by atoms with Gasteiger partial charge < -0.3 is 14.8 Å². The number of methoxy groups -OCH3 is 2. The molecule has 2 amide bonds. The predicted molar refractivity (Wildman–Crippen MR) is 133 cm³/mol. The highest BCUT2D eigenvalue weighted by Gasteiger charge is 2.34. The number of ether oxygens (including phenoxy) is 2. The standard InChI is InChI=1S/C26H26N2O4S/c1-16-8-9-23(17(2)10-16)28-24(29)15-33-26(28)18-6-5-7-20(11-18)27-25(30)19-12-21(31-3)14-22(13-19)32-4/h5-14,26H,15H2,1-4H3,(H,27,30). The van der Waals surface area contributed by atoms with E-state index in [2.05, 4.69) is 11.4 Å².